The van der Waals surface area contributed by atoms with E-state index < -0.39 is 17.8 Å². The molecule has 1 aromatic carbocycles. The smallest absolute Gasteiger partial charge is 0.290 e. The fourth-order valence-electron chi connectivity index (χ4n) is 4.78. The van der Waals surface area contributed by atoms with Crippen LogP contribution in [0.4, 0.5) is 4.39 Å². The molecule has 0 spiro atoms. The van der Waals surface area contributed by atoms with Gasteiger partial charge in [0.2, 0.25) is 5.91 Å². The average molecular weight is 542 g/mol. The largest absolute Gasteiger partial charge is 0.455 e. The molecule has 2 fully saturated rings. The minimum atomic E-state index is -0.987. The van der Waals surface area contributed by atoms with E-state index in [0.717, 1.165) is 30.8 Å². The standard InChI is InChI=1S/C28H32FN3O5S/c29-21-7-5-20(6-8-21)26(27(33)30-17-22-3-1-13-36-22)32(19-24-4-2-16-38-24)28(34)25-10-9-23(37-25)18-31-11-14-35-15-12-31/h2,4-10,16,22,26H,1,3,11-15,17-19H2,(H,30,33). The van der Waals surface area contributed by atoms with Gasteiger partial charge in [-0.05, 0) is 54.1 Å². The van der Waals surface area contributed by atoms with Crippen molar-refractivity contribution in [3.8, 4) is 0 Å². The quantitative estimate of drug-likeness (QED) is 0.418. The zero-order valence-electron chi connectivity index (χ0n) is 21.1. The Bertz CT molecular complexity index is 1190. The third-order valence-electron chi connectivity index (χ3n) is 6.80. The lowest BCUT2D eigenvalue weighted by molar-refractivity contribution is -0.126. The number of rotatable bonds is 10. The molecule has 5 rings (SSSR count). The first kappa shape index (κ1) is 26.6. The highest BCUT2D eigenvalue weighted by molar-refractivity contribution is 7.09. The van der Waals surface area contributed by atoms with Crippen LogP contribution in [0.3, 0.4) is 0 Å². The Labute approximate surface area is 225 Å². The zero-order valence-corrected chi connectivity index (χ0v) is 22.0. The Morgan fingerprint density at radius 3 is 2.63 bits per heavy atom. The molecule has 2 unspecified atom stereocenters. The van der Waals surface area contributed by atoms with Gasteiger partial charge in [-0.25, -0.2) is 4.39 Å². The topological polar surface area (TPSA) is 84.2 Å². The summed E-state index contributed by atoms with van der Waals surface area (Å²) in [7, 11) is 0. The van der Waals surface area contributed by atoms with E-state index in [-0.39, 0.29) is 24.3 Å². The van der Waals surface area contributed by atoms with Gasteiger partial charge in [-0.1, -0.05) is 18.2 Å². The van der Waals surface area contributed by atoms with Crippen LogP contribution in [0.25, 0.3) is 0 Å². The second-order valence-corrected chi connectivity index (χ2v) is 10.5. The van der Waals surface area contributed by atoms with Crippen molar-refractivity contribution in [1.82, 2.24) is 15.1 Å². The third-order valence-corrected chi connectivity index (χ3v) is 7.66. The number of amides is 2. The van der Waals surface area contributed by atoms with E-state index in [0.29, 0.717) is 44.2 Å². The number of nitrogens with one attached hydrogen (secondary N) is 1. The fraction of sp³-hybridized carbons (Fsp3) is 0.429. The number of carbonyl (C=O) groups is 2. The van der Waals surface area contributed by atoms with Crippen LogP contribution in [0.5, 0.6) is 0 Å². The van der Waals surface area contributed by atoms with Gasteiger partial charge in [0, 0.05) is 31.1 Å². The summed E-state index contributed by atoms with van der Waals surface area (Å²) in [6.07, 6.45) is 1.77. The van der Waals surface area contributed by atoms with Gasteiger partial charge < -0.3 is 24.1 Å². The van der Waals surface area contributed by atoms with Gasteiger partial charge in [0.15, 0.2) is 5.76 Å². The average Bonchev–Trinajstić information content (AvgIpc) is 3.72. The summed E-state index contributed by atoms with van der Waals surface area (Å²) in [5, 5.41) is 4.89. The second kappa shape index (κ2) is 12.7. The Hall–Kier alpha value is -3.05. The van der Waals surface area contributed by atoms with Gasteiger partial charge >= 0.3 is 0 Å². The van der Waals surface area contributed by atoms with Crippen molar-refractivity contribution in [2.75, 3.05) is 39.5 Å². The lowest BCUT2D eigenvalue weighted by Crippen LogP contribution is -2.45. The van der Waals surface area contributed by atoms with Crippen LogP contribution in [-0.4, -0.2) is 67.2 Å². The highest BCUT2D eigenvalue weighted by atomic mass is 32.1. The fourth-order valence-corrected chi connectivity index (χ4v) is 5.49. The number of thiophene rings is 1. The molecule has 3 aromatic rings. The summed E-state index contributed by atoms with van der Waals surface area (Å²) in [5.41, 5.74) is 0.515. The molecule has 0 saturated carbocycles. The van der Waals surface area contributed by atoms with Gasteiger partial charge in [0.25, 0.3) is 5.91 Å². The molecule has 0 radical (unpaired) electrons. The highest BCUT2D eigenvalue weighted by Gasteiger charge is 2.34. The lowest BCUT2D eigenvalue weighted by Gasteiger charge is -2.31. The Balaban J connectivity index is 1.42. The monoisotopic (exact) mass is 541 g/mol. The Kier molecular flexibility index (Phi) is 8.85. The lowest BCUT2D eigenvalue weighted by atomic mass is 10.0. The molecular weight excluding hydrogens is 509 g/mol. The van der Waals surface area contributed by atoms with E-state index >= 15 is 0 Å². The maximum Gasteiger partial charge on any atom is 0.290 e. The molecule has 202 valence electrons. The summed E-state index contributed by atoms with van der Waals surface area (Å²) in [6.45, 7) is 4.73. The van der Waals surface area contributed by atoms with E-state index in [1.807, 2.05) is 17.5 Å². The molecule has 2 aliphatic heterocycles. The predicted molar refractivity (Wildman–Crippen MR) is 140 cm³/mol. The van der Waals surface area contributed by atoms with Crippen LogP contribution in [0.1, 0.15) is 45.6 Å². The predicted octanol–water partition coefficient (Wildman–Crippen LogP) is 3.99. The molecular formula is C28H32FN3O5S. The van der Waals surface area contributed by atoms with Crippen molar-refractivity contribution >= 4 is 23.2 Å². The first-order chi connectivity index (χ1) is 18.6. The maximum absolute atomic E-state index is 13.9. The van der Waals surface area contributed by atoms with Crippen molar-refractivity contribution < 1.29 is 27.9 Å². The van der Waals surface area contributed by atoms with Crippen LogP contribution in [0, 0.1) is 5.82 Å². The molecule has 2 atom stereocenters. The zero-order chi connectivity index (χ0) is 26.3. The van der Waals surface area contributed by atoms with Gasteiger partial charge in [0.05, 0.1) is 32.4 Å². The molecule has 0 aliphatic carbocycles. The highest BCUT2D eigenvalue weighted by Crippen LogP contribution is 2.28. The summed E-state index contributed by atoms with van der Waals surface area (Å²) in [4.78, 5) is 32.2. The molecule has 0 bridgehead atoms. The normalized spacial score (nSPS) is 18.8. The number of ether oxygens (including phenoxy) is 2. The number of hydrogen-bond acceptors (Lipinski definition) is 7. The molecule has 2 amide bonds. The summed E-state index contributed by atoms with van der Waals surface area (Å²) in [6, 6.07) is 12.0. The number of morpholine rings is 1. The van der Waals surface area contributed by atoms with Crippen LogP contribution < -0.4 is 5.32 Å². The molecule has 10 heteroatoms. The van der Waals surface area contributed by atoms with E-state index in [1.54, 1.807) is 24.3 Å². The molecule has 1 N–H and O–H groups in total. The number of nitrogens with zero attached hydrogens (tertiary/aromatic N) is 2. The molecule has 2 saturated heterocycles. The van der Waals surface area contributed by atoms with Crippen molar-refractivity contribution in [3.05, 3.63) is 81.7 Å². The van der Waals surface area contributed by atoms with E-state index in [2.05, 4.69) is 10.2 Å². The van der Waals surface area contributed by atoms with Gasteiger partial charge in [0.1, 0.15) is 17.6 Å². The van der Waals surface area contributed by atoms with Gasteiger partial charge in [-0.2, -0.15) is 0 Å². The minimum Gasteiger partial charge on any atom is -0.455 e. The van der Waals surface area contributed by atoms with Crippen LogP contribution in [0.15, 0.2) is 58.3 Å². The Morgan fingerprint density at radius 2 is 1.92 bits per heavy atom. The number of benzene rings is 1. The van der Waals surface area contributed by atoms with Crippen LogP contribution >= 0.6 is 11.3 Å². The molecule has 2 aromatic heterocycles. The van der Waals surface area contributed by atoms with E-state index in [1.165, 1.54) is 28.4 Å². The number of carbonyl (C=O) groups excluding carboxylic acids is 2. The molecule has 2 aliphatic rings. The van der Waals surface area contributed by atoms with Crippen LogP contribution in [0.2, 0.25) is 0 Å². The van der Waals surface area contributed by atoms with E-state index in [9.17, 15) is 14.0 Å². The van der Waals surface area contributed by atoms with Crippen LogP contribution in [-0.2, 0) is 27.4 Å². The molecule has 38 heavy (non-hydrogen) atoms. The SMILES string of the molecule is O=C(NCC1CCCO1)C(c1ccc(F)cc1)N(Cc1cccs1)C(=O)c1ccc(CN2CCOCC2)o1. The number of hydrogen-bond donors (Lipinski definition) is 1. The summed E-state index contributed by atoms with van der Waals surface area (Å²) < 4.78 is 30.9. The first-order valence-corrected chi connectivity index (χ1v) is 13.8. The Morgan fingerprint density at radius 1 is 1.11 bits per heavy atom. The number of halogens is 1. The molecule has 4 heterocycles. The van der Waals surface area contributed by atoms with Gasteiger partial charge in [-0.3, -0.25) is 14.5 Å². The summed E-state index contributed by atoms with van der Waals surface area (Å²) in [5.74, 6) is -0.344. The van der Waals surface area contributed by atoms with Crippen molar-refractivity contribution in [1.29, 1.82) is 0 Å². The second-order valence-electron chi connectivity index (χ2n) is 9.50. The van der Waals surface area contributed by atoms with E-state index in [4.69, 9.17) is 13.9 Å². The third kappa shape index (κ3) is 6.68. The number of furan rings is 1. The summed E-state index contributed by atoms with van der Waals surface area (Å²) >= 11 is 1.50. The maximum atomic E-state index is 13.9. The van der Waals surface area contributed by atoms with Crippen molar-refractivity contribution in [2.45, 2.75) is 38.1 Å². The van der Waals surface area contributed by atoms with Gasteiger partial charge in [-0.15, -0.1) is 11.3 Å². The first-order valence-electron chi connectivity index (χ1n) is 12.9. The minimum absolute atomic E-state index is 0.0536. The van der Waals surface area contributed by atoms with Crippen molar-refractivity contribution in [3.63, 3.8) is 0 Å². The van der Waals surface area contributed by atoms with Crippen molar-refractivity contribution in [2.24, 2.45) is 0 Å². The molecule has 8 nitrogen and oxygen atoms in total.